The van der Waals surface area contributed by atoms with E-state index >= 15 is 0 Å². The zero-order valence-electron chi connectivity index (χ0n) is 9.09. The summed E-state index contributed by atoms with van der Waals surface area (Å²) < 4.78 is 28.3. The van der Waals surface area contributed by atoms with Crippen molar-refractivity contribution in [1.82, 2.24) is 0 Å². The van der Waals surface area contributed by atoms with Gasteiger partial charge in [0.2, 0.25) is 0 Å². The van der Waals surface area contributed by atoms with Gasteiger partial charge in [-0.25, -0.2) is 8.42 Å². The van der Waals surface area contributed by atoms with Crippen LogP contribution in [0, 0.1) is 6.92 Å². The Morgan fingerprint density at radius 1 is 1.50 bits per heavy atom. The Morgan fingerprint density at radius 2 is 2.19 bits per heavy atom. The molecule has 0 amide bonds. The Bertz CT molecular complexity index is 437. The average molecular weight is 243 g/mol. The molecule has 0 aliphatic heterocycles. The van der Waals surface area contributed by atoms with Crippen molar-refractivity contribution in [2.45, 2.75) is 17.9 Å². The standard InChI is InChI=1S/C11H15O4S/c1-3-16(13,14)11-6-4-5-10(7-11)15-8-9(2)12/h4-7,9,12H,2-3,8H2,1H3/t9-/m0/s1. The van der Waals surface area contributed by atoms with E-state index in [-0.39, 0.29) is 17.3 Å². The Balaban J connectivity index is 2.87. The molecule has 0 saturated heterocycles. The van der Waals surface area contributed by atoms with Gasteiger partial charge in [-0.2, -0.15) is 0 Å². The van der Waals surface area contributed by atoms with E-state index in [1.165, 1.54) is 12.1 Å². The molecular weight excluding hydrogens is 228 g/mol. The van der Waals surface area contributed by atoms with Gasteiger partial charge in [-0.1, -0.05) is 13.0 Å². The molecule has 0 bridgehead atoms. The van der Waals surface area contributed by atoms with Gasteiger partial charge in [0.15, 0.2) is 9.84 Å². The summed E-state index contributed by atoms with van der Waals surface area (Å²) >= 11 is 0. The largest absolute Gasteiger partial charge is 0.491 e. The Labute approximate surface area is 95.8 Å². The van der Waals surface area contributed by atoms with Crippen LogP contribution in [0.15, 0.2) is 29.2 Å². The highest BCUT2D eigenvalue weighted by Crippen LogP contribution is 2.18. The lowest BCUT2D eigenvalue weighted by Crippen LogP contribution is -2.13. The van der Waals surface area contributed by atoms with Gasteiger partial charge in [-0.05, 0) is 25.1 Å². The van der Waals surface area contributed by atoms with Crippen LogP contribution in [0.5, 0.6) is 5.75 Å². The van der Waals surface area contributed by atoms with Crippen LogP contribution in [0.2, 0.25) is 0 Å². The maximum atomic E-state index is 11.6. The summed E-state index contributed by atoms with van der Waals surface area (Å²) in [4.78, 5) is 0.228. The minimum atomic E-state index is -3.22. The Kier molecular flexibility index (Phi) is 4.32. The fourth-order valence-corrected chi connectivity index (χ4v) is 2.03. The van der Waals surface area contributed by atoms with Crippen LogP contribution in [0.3, 0.4) is 0 Å². The molecule has 1 aromatic rings. The smallest absolute Gasteiger partial charge is 0.178 e. The molecule has 0 fully saturated rings. The fourth-order valence-electron chi connectivity index (χ4n) is 1.12. The molecule has 4 nitrogen and oxygen atoms in total. The molecule has 0 unspecified atom stereocenters. The summed E-state index contributed by atoms with van der Waals surface area (Å²) in [6.45, 7) is 4.98. The first kappa shape index (κ1) is 13.0. The molecule has 0 aromatic heterocycles. The molecule has 0 aliphatic carbocycles. The first-order valence-corrected chi connectivity index (χ1v) is 6.57. The van der Waals surface area contributed by atoms with Crippen molar-refractivity contribution >= 4 is 9.84 Å². The number of sulfone groups is 1. The Hall–Kier alpha value is -1.07. The minimum absolute atomic E-state index is 0.0373. The number of hydrogen-bond acceptors (Lipinski definition) is 4. The van der Waals surface area contributed by atoms with Gasteiger partial charge >= 0.3 is 0 Å². The van der Waals surface area contributed by atoms with Crippen LogP contribution >= 0.6 is 0 Å². The van der Waals surface area contributed by atoms with Crippen molar-refractivity contribution < 1.29 is 18.3 Å². The average Bonchev–Trinajstić information content (AvgIpc) is 2.27. The van der Waals surface area contributed by atoms with Gasteiger partial charge in [0.1, 0.15) is 12.4 Å². The summed E-state index contributed by atoms with van der Waals surface area (Å²) in [6, 6.07) is 6.21. The number of aliphatic hydroxyl groups is 1. The van der Waals surface area contributed by atoms with Crippen molar-refractivity contribution in [1.29, 1.82) is 0 Å². The summed E-state index contributed by atoms with van der Waals surface area (Å²) in [5.41, 5.74) is 0. The minimum Gasteiger partial charge on any atom is -0.491 e. The van der Waals surface area contributed by atoms with Gasteiger partial charge in [0.25, 0.3) is 0 Å². The molecule has 1 atom stereocenters. The maximum Gasteiger partial charge on any atom is 0.178 e. The second-order valence-corrected chi connectivity index (χ2v) is 5.62. The van der Waals surface area contributed by atoms with E-state index in [9.17, 15) is 8.42 Å². The van der Waals surface area contributed by atoms with E-state index < -0.39 is 15.9 Å². The normalized spacial score (nSPS) is 13.4. The quantitative estimate of drug-likeness (QED) is 0.839. The van der Waals surface area contributed by atoms with E-state index in [1.807, 2.05) is 0 Å². The van der Waals surface area contributed by atoms with Crippen molar-refractivity contribution in [2.75, 3.05) is 12.4 Å². The van der Waals surface area contributed by atoms with Crippen LogP contribution < -0.4 is 4.74 Å². The van der Waals surface area contributed by atoms with Crippen LogP contribution in [0.25, 0.3) is 0 Å². The molecule has 0 aliphatic rings. The molecule has 89 valence electrons. The number of benzene rings is 1. The molecule has 0 heterocycles. The SMILES string of the molecule is [CH2][C@H](O)COc1cccc(S(=O)(=O)CC)c1. The van der Waals surface area contributed by atoms with Crippen LogP contribution in [-0.2, 0) is 9.84 Å². The molecule has 5 heteroatoms. The molecule has 1 aromatic carbocycles. The monoisotopic (exact) mass is 243 g/mol. The highest BCUT2D eigenvalue weighted by Gasteiger charge is 2.12. The molecule has 0 saturated carbocycles. The van der Waals surface area contributed by atoms with E-state index in [4.69, 9.17) is 9.84 Å². The molecule has 1 radical (unpaired) electrons. The van der Waals surface area contributed by atoms with E-state index in [1.54, 1.807) is 19.1 Å². The predicted octanol–water partition coefficient (Wildman–Crippen LogP) is 1.05. The van der Waals surface area contributed by atoms with E-state index in [0.29, 0.717) is 5.75 Å². The van der Waals surface area contributed by atoms with E-state index in [2.05, 4.69) is 6.92 Å². The van der Waals surface area contributed by atoms with Crippen molar-refractivity contribution in [2.24, 2.45) is 0 Å². The first-order valence-electron chi connectivity index (χ1n) is 4.92. The topological polar surface area (TPSA) is 63.6 Å². The third kappa shape index (κ3) is 3.50. The van der Waals surface area contributed by atoms with Crippen LogP contribution in [0.1, 0.15) is 6.92 Å². The number of hydrogen-bond donors (Lipinski definition) is 1. The zero-order valence-corrected chi connectivity index (χ0v) is 9.90. The van der Waals surface area contributed by atoms with E-state index in [0.717, 1.165) is 0 Å². The molecule has 0 spiro atoms. The second kappa shape index (κ2) is 5.32. The van der Waals surface area contributed by atoms with Gasteiger partial charge in [0.05, 0.1) is 16.8 Å². The first-order chi connectivity index (χ1) is 7.45. The summed E-state index contributed by atoms with van der Waals surface area (Å²) in [5, 5.41) is 8.93. The molecule has 1 rings (SSSR count). The van der Waals surface area contributed by atoms with Crippen molar-refractivity contribution in [3.05, 3.63) is 31.2 Å². The Morgan fingerprint density at radius 3 is 2.75 bits per heavy atom. The zero-order chi connectivity index (χ0) is 12.2. The van der Waals surface area contributed by atoms with Gasteiger partial charge in [-0.15, -0.1) is 0 Å². The molecular formula is C11H15O4S. The highest BCUT2D eigenvalue weighted by molar-refractivity contribution is 7.91. The van der Waals surface area contributed by atoms with Crippen LogP contribution in [-0.4, -0.2) is 32.0 Å². The molecule has 16 heavy (non-hydrogen) atoms. The van der Waals surface area contributed by atoms with Gasteiger partial charge in [-0.3, -0.25) is 0 Å². The summed E-state index contributed by atoms with van der Waals surface area (Å²) in [7, 11) is -3.22. The molecule has 1 N–H and O–H groups in total. The lowest BCUT2D eigenvalue weighted by molar-refractivity contribution is 0.142. The number of ether oxygens (including phenoxy) is 1. The van der Waals surface area contributed by atoms with Crippen molar-refractivity contribution in [3.63, 3.8) is 0 Å². The lowest BCUT2D eigenvalue weighted by atomic mass is 10.3. The van der Waals surface area contributed by atoms with Gasteiger partial charge in [0, 0.05) is 0 Å². The third-order valence-corrected chi connectivity index (χ3v) is 3.72. The van der Waals surface area contributed by atoms with Crippen LogP contribution in [0.4, 0.5) is 0 Å². The lowest BCUT2D eigenvalue weighted by Gasteiger charge is -2.09. The fraction of sp³-hybridized carbons (Fsp3) is 0.364. The number of rotatable bonds is 5. The van der Waals surface area contributed by atoms with Gasteiger partial charge < -0.3 is 9.84 Å². The summed E-state index contributed by atoms with van der Waals surface area (Å²) in [5.74, 6) is 0.464. The maximum absolute atomic E-state index is 11.6. The second-order valence-electron chi connectivity index (χ2n) is 3.34. The predicted molar refractivity (Wildman–Crippen MR) is 61.0 cm³/mol. The third-order valence-electron chi connectivity index (χ3n) is 1.99. The van der Waals surface area contributed by atoms with Crippen molar-refractivity contribution in [3.8, 4) is 5.75 Å². The highest BCUT2D eigenvalue weighted by atomic mass is 32.2. The number of aliphatic hydroxyl groups excluding tert-OH is 1. The summed E-state index contributed by atoms with van der Waals surface area (Å²) in [6.07, 6.45) is -0.827.